The predicted molar refractivity (Wildman–Crippen MR) is 116 cm³/mol. The molecule has 0 bridgehead atoms. The Labute approximate surface area is 175 Å². The SMILES string of the molecule is CCN(CC)c1ccc(CNC(=O)C2(c3ccc(Br)cc3)CCOCC2)cn1. The van der Waals surface area contributed by atoms with E-state index in [1.54, 1.807) is 0 Å². The Hall–Kier alpha value is -1.92. The van der Waals surface area contributed by atoms with E-state index in [2.05, 4.69) is 45.0 Å². The van der Waals surface area contributed by atoms with Crippen LogP contribution in [0.3, 0.4) is 0 Å². The monoisotopic (exact) mass is 445 g/mol. The zero-order valence-electron chi connectivity index (χ0n) is 16.6. The van der Waals surface area contributed by atoms with Gasteiger partial charge in [0.2, 0.25) is 5.91 Å². The maximum Gasteiger partial charge on any atom is 0.231 e. The molecule has 2 heterocycles. The van der Waals surface area contributed by atoms with E-state index in [0.717, 1.165) is 34.5 Å². The molecule has 0 spiro atoms. The van der Waals surface area contributed by atoms with Gasteiger partial charge >= 0.3 is 0 Å². The van der Waals surface area contributed by atoms with Crippen molar-refractivity contribution in [2.75, 3.05) is 31.2 Å². The lowest BCUT2D eigenvalue weighted by atomic mass is 9.73. The van der Waals surface area contributed by atoms with Gasteiger partial charge in [-0.3, -0.25) is 4.79 Å². The number of benzene rings is 1. The number of halogens is 1. The lowest BCUT2D eigenvalue weighted by Crippen LogP contribution is -2.47. The van der Waals surface area contributed by atoms with Crippen LogP contribution in [0, 0.1) is 0 Å². The van der Waals surface area contributed by atoms with Crippen molar-refractivity contribution in [3.05, 3.63) is 58.2 Å². The molecule has 1 aromatic carbocycles. The van der Waals surface area contributed by atoms with E-state index in [1.807, 2.05) is 42.6 Å². The van der Waals surface area contributed by atoms with Gasteiger partial charge in [0, 0.05) is 43.5 Å². The van der Waals surface area contributed by atoms with Crippen molar-refractivity contribution in [2.24, 2.45) is 0 Å². The molecule has 0 radical (unpaired) electrons. The molecule has 1 aliphatic heterocycles. The molecule has 0 atom stereocenters. The van der Waals surface area contributed by atoms with Crippen molar-refractivity contribution in [1.29, 1.82) is 0 Å². The molecule has 1 amide bonds. The normalized spacial score (nSPS) is 15.8. The van der Waals surface area contributed by atoms with Crippen molar-refractivity contribution in [3.63, 3.8) is 0 Å². The van der Waals surface area contributed by atoms with Crippen LogP contribution in [0.1, 0.15) is 37.8 Å². The lowest BCUT2D eigenvalue weighted by molar-refractivity contribution is -0.130. The third-order valence-electron chi connectivity index (χ3n) is 5.53. The minimum Gasteiger partial charge on any atom is -0.381 e. The largest absolute Gasteiger partial charge is 0.381 e. The summed E-state index contributed by atoms with van der Waals surface area (Å²) in [6, 6.07) is 12.1. The Balaban J connectivity index is 1.71. The minimum absolute atomic E-state index is 0.0611. The summed E-state index contributed by atoms with van der Waals surface area (Å²) in [4.78, 5) is 20.0. The van der Waals surface area contributed by atoms with Gasteiger partial charge in [-0.15, -0.1) is 0 Å². The smallest absolute Gasteiger partial charge is 0.231 e. The average molecular weight is 446 g/mol. The van der Waals surface area contributed by atoms with Gasteiger partial charge in [-0.2, -0.15) is 0 Å². The quantitative estimate of drug-likeness (QED) is 0.697. The summed E-state index contributed by atoms with van der Waals surface area (Å²) in [6.07, 6.45) is 3.24. The van der Waals surface area contributed by atoms with Crippen LogP contribution in [0.5, 0.6) is 0 Å². The molecule has 0 unspecified atom stereocenters. The molecule has 3 rings (SSSR count). The van der Waals surface area contributed by atoms with Crippen molar-refractivity contribution < 1.29 is 9.53 Å². The van der Waals surface area contributed by atoms with E-state index in [4.69, 9.17) is 4.74 Å². The topological polar surface area (TPSA) is 54.5 Å². The number of nitrogens with one attached hydrogen (secondary N) is 1. The summed E-state index contributed by atoms with van der Waals surface area (Å²) >= 11 is 3.48. The van der Waals surface area contributed by atoms with Crippen LogP contribution >= 0.6 is 15.9 Å². The van der Waals surface area contributed by atoms with Gasteiger partial charge in [-0.05, 0) is 56.0 Å². The molecule has 2 aromatic rings. The van der Waals surface area contributed by atoms with Crippen LogP contribution in [-0.2, 0) is 21.5 Å². The van der Waals surface area contributed by atoms with E-state index in [0.29, 0.717) is 32.6 Å². The van der Waals surface area contributed by atoms with Gasteiger partial charge in [0.1, 0.15) is 5.82 Å². The standard InChI is InChI=1S/C22H28BrN3O2/c1-3-26(4-2)20-10-5-17(15-24-20)16-25-21(27)22(11-13-28-14-12-22)18-6-8-19(23)9-7-18/h5-10,15H,3-4,11-14,16H2,1-2H3,(H,25,27). The first-order chi connectivity index (χ1) is 13.6. The van der Waals surface area contributed by atoms with Crippen LogP contribution in [0.15, 0.2) is 47.1 Å². The van der Waals surface area contributed by atoms with Gasteiger partial charge in [0.05, 0.1) is 5.41 Å². The van der Waals surface area contributed by atoms with Gasteiger partial charge in [0.25, 0.3) is 0 Å². The number of aromatic nitrogens is 1. The van der Waals surface area contributed by atoms with Gasteiger partial charge in [-0.25, -0.2) is 4.98 Å². The second kappa shape index (κ2) is 9.52. The van der Waals surface area contributed by atoms with E-state index in [-0.39, 0.29) is 5.91 Å². The lowest BCUT2D eigenvalue weighted by Gasteiger charge is -2.36. The van der Waals surface area contributed by atoms with E-state index < -0.39 is 5.41 Å². The van der Waals surface area contributed by atoms with Gasteiger partial charge in [0.15, 0.2) is 0 Å². The fourth-order valence-corrected chi connectivity index (χ4v) is 4.01. The van der Waals surface area contributed by atoms with Crippen molar-refractivity contribution >= 4 is 27.7 Å². The Morgan fingerprint density at radius 2 is 1.82 bits per heavy atom. The fraction of sp³-hybridized carbons (Fsp3) is 0.455. The highest BCUT2D eigenvalue weighted by atomic mass is 79.9. The summed E-state index contributed by atoms with van der Waals surface area (Å²) in [7, 11) is 0. The molecule has 1 aromatic heterocycles. The second-order valence-electron chi connectivity index (χ2n) is 7.08. The van der Waals surface area contributed by atoms with Crippen LogP contribution in [0.2, 0.25) is 0 Å². The van der Waals surface area contributed by atoms with Crippen molar-refractivity contribution in [3.8, 4) is 0 Å². The Morgan fingerprint density at radius 3 is 2.39 bits per heavy atom. The Kier molecular flexibility index (Phi) is 7.08. The maximum atomic E-state index is 13.2. The highest BCUT2D eigenvalue weighted by molar-refractivity contribution is 9.10. The first kappa shape index (κ1) is 20.8. The summed E-state index contributed by atoms with van der Waals surface area (Å²) < 4.78 is 6.55. The molecule has 1 fully saturated rings. The molecule has 6 heteroatoms. The molecule has 0 saturated carbocycles. The number of anilines is 1. The first-order valence-corrected chi connectivity index (χ1v) is 10.7. The number of carbonyl (C=O) groups excluding carboxylic acids is 1. The Bertz CT molecular complexity index is 767. The molecule has 0 aliphatic carbocycles. The number of pyridine rings is 1. The molecule has 28 heavy (non-hydrogen) atoms. The van der Waals surface area contributed by atoms with E-state index in [1.165, 1.54) is 0 Å². The Morgan fingerprint density at radius 1 is 1.14 bits per heavy atom. The van der Waals surface area contributed by atoms with Crippen LogP contribution < -0.4 is 10.2 Å². The summed E-state index contributed by atoms with van der Waals surface area (Å²) in [6.45, 7) is 7.77. The van der Waals surface area contributed by atoms with Crippen LogP contribution in [-0.4, -0.2) is 37.2 Å². The highest BCUT2D eigenvalue weighted by Gasteiger charge is 2.41. The number of nitrogens with zero attached hydrogens (tertiary/aromatic N) is 2. The number of hydrogen-bond donors (Lipinski definition) is 1. The molecular weight excluding hydrogens is 418 g/mol. The highest BCUT2D eigenvalue weighted by Crippen LogP contribution is 2.36. The second-order valence-corrected chi connectivity index (χ2v) is 8.00. The first-order valence-electron chi connectivity index (χ1n) is 9.91. The molecule has 1 saturated heterocycles. The molecular formula is C22H28BrN3O2. The van der Waals surface area contributed by atoms with Crippen molar-refractivity contribution in [1.82, 2.24) is 10.3 Å². The van der Waals surface area contributed by atoms with Gasteiger partial charge < -0.3 is 15.0 Å². The molecule has 1 aliphatic rings. The number of hydrogen-bond acceptors (Lipinski definition) is 4. The van der Waals surface area contributed by atoms with E-state index in [9.17, 15) is 4.79 Å². The zero-order chi connectivity index (χ0) is 20.0. The zero-order valence-corrected chi connectivity index (χ0v) is 18.2. The fourth-order valence-electron chi connectivity index (χ4n) is 3.74. The molecule has 5 nitrogen and oxygen atoms in total. The number of rotatable bonds is 7. The van der Waals surface area contributed by atoms with Crippen molar-refractivity contribution in [2.45, 2.75) is 38.6 Å². The van der Waals surface area contributed by atoms with Crippen LogP contribution in [0.25, 0.3) is 0 Å². The third-order valence-corrected chi connectivity index (χ3v) is 6.06. The average Bonchev–Trinajstić information content (AvgIpc) is 2.74. The minimum atomic E-state index is -0.534. The third kappa shape index (κ3) is 4.55. The summed E-state index contributed by atoms with van der Waals surface area (Å²) in [5, 5.41) is 3.14. The number of amides is 1. The van der Waals surface area contributed by atoms with E-state index >= 15 is 0 Å². The molecule has 1 N–H and O–H groups in total. The molecule has 150 valence electrons. The predicted octanol–water partition coefficient (Wildman–Crippen LogP) is 4.05. The van der Waals surface area contributed by atoms with Gasteiger partial charge in [-0.1, -0.05) is 34.1 Å². The number of carbonyl (C=O) groups is 1. The number of ether oxygens (including phenoxy) is 1. The summed E-state index contributed by atoms with van der Waals surface area (Å²) in [5.74, 6) is 1.03. The maximum absolute atomic E-state index is 13.2. The van der Waals surface area contributed by atoms with Crippen LogP contribution in [0.4, 0.5) is 5.82 Å². The summed E-state index contributed by atoms with van der Waals surface area (Å²) in [5.41, 5.74) is 1.52.